The van der Waals surface area contributed by atoms with Crippen LogP contribution in [0.25, 0.3) is 0 Å². The summed E-state index contributed by atoms with van der Waals surface area (Å²) in [6.07, 6.45) is 5.33. The monoisotopic (exact) mass is 363 g/mol. The standard InChI is InChI=1S/C10H23BrN.HI/c1-4-6-8-12(3,10-11)9-7-5-2;/h4-10H2,1-3H3;1H/q+1;/p-1. The van der Waals surface area contributed by atoms with E-state index in [0.29, 0.717) is 0 Å². The summed E-state index contributed by atoms with van der Waals surface area (Å²) < 4.78 is 1.20. The summed E-state index contributed by atoms with van der Waals surface area (Å²) in [5.41, 5.74) is 1.10. The lowest BCUT2D eigenvalue weighted by Crippen LogP contribution is -3.00. The second-order valence-corrected chi connectivity index (χ2v) is 4.39. The van der Waals surface area contributed by atoms with E-state index in [9.17, 15) is 0 Å². The van der Waals surface area contributed by atoms with E-state index in [1.54, 1.807) is 0 Å². The van der Waals surface area contributed by atoms with Crippen LogP contribution in [0.2, 0.25) is 0 Å². The highest BCUT2D eigenvalue weighted by atomic mass is 127. The zero-order valence-corrected chi connectivity index (χ0v) is 12.9. The Balaban J connectivity index is 0. The first-order valence-electron chi connectivity index (χ1n) is 5.08. The van der Waals surface area contributed by atoms with Crippen LogP contribution in [0, 0.1) is 0 Å². The van der Waals surface area contributed by atoms with E-state index in [4.69, 9.17) is 0 Å². The molecule has 0 aliphatic heterocycles. The molecule has 0 amide bonds. The Kier molecular flexibility index (Phi) is 12.4. The van der Waals surface area contributed by atoms with Crippen molar-refractivity contribution >= 4 is 15.9 Å². The van der Waals surface area contributed by atoms with Crippen LogP contribution in [-0.4, -0.2) is 30.1 Å². The Hall–Kier alpha value is 1.17. The summed E-state index contributed by atoms with van der Waals surface area (Å²) in [6.45, 7) is 7.17. The largest absolute Gasteiger partial charge is 1.00 e. The maximum Gasteiger partial charge on any atom is 0.134 e. The van der Waals surface area contributed by atoms with Gasteiger partial charge in [0.1, 0.15) is 5.45 Å². The van der Waals surface area contributed by atoms with Crippen LogP contribution in [0.3, 0.4) is 0 Å². The van der Waals surface area contributed by atoms with Gasteiger partial charge in [-0.05, 0) is 28.8 Å². The lowest BCUT2D eigenvalue weighted by Gasteiger charge is -2.32. The summed E-state index contributed by atoms with van der Waals surface area (Å²) in [5.74, 6) is 0. The van der Waals surface area contributed by atoms with Gasteiger partial charge >= 0.3 is 0 Å². The third-order valence-electron chi connectivity index (χ3n) is 2.39. The molecule has 0 aromatic carbocycles. The molecule has 0 saturated carbocycles. The topological polar surface area (TPSA) is 0 Å². The van der Waals surface area contributed by atoms with Crippen LogP contribution in [-0.2, 0) is 0 Å². The molecule has 0 aromatic rings. The first-order valence-corrected chi connectivity index (χ1v) is 6.20. The average Bonchev–Trinajstić information content (AvgIpc) is 2.11. The van der Waals surface area contributed by atoms with Gasteiger partial charge in [0.2, 0.25) is 0 Å². The van der Waals surface area contributed by atoms with Crippen molar-refractivity contribution in [1.29, 1.82) is 0 Å². The molecule has 0 aromatic heterocycles. The molecule has 0 spiro atoms. The van der Waals surface area contributed by atoms with Gasteiger partial charge in [-0.1, -0.05) is 26.7 Å². The maximum atomic E-state index is 3.60. The van der Waals surface area contributed by atoms with Crippen LogP contribution in [0.1, 0.15) is 39.5 Å². The van der Waals surface area contributed by atoms with Gasteiger partial charge in [-0.3, -0.25) is 0 Å². The number of nitrogens with zero attached hydrogens (tertiary/aromatic N) is 1. The quantitative estimate of drug-likeness (QED) is 0.266. The van der Waals surface area contributed by atoms with Crippen molar-refractivity contribution in [2.75, 3.05) is 25.6 Å². The van der Waals surface area contributed by atoms with E-state index in [1.165, 1.54) is 43.3 Å². The Bertz CT molecular complexity index is 101. The minimum absolute atomic E-state index is 0. The summed E-state index contributed by atoms with van der Waals surface area (Å²) in [5, 5.41) is 0. The van der Waals surface area contributed by atoms with Crippen molar-refractivity contribution in [3.8, 4) is 0 Å². The van der Waals surface area contributed by atoms with Gasteiger partial charge in [-0.25, -0.2) is 0 Å². The van der Waals surface area contributed by atoms with E-state index in [-0.39, 0.29) is 24.0 Å². The van der Waals surface area contributed by atoms with E-state index in [0.717, 1.165) is 5.45 Å². The summed E-state index contributed by atoms with van der Waals surface area (Å²) in [7, 11) is 2.35. The fraction of sp³-hybridized carbons (Fsp3) is 1.00. The fourth-order valence-corrected chi connectivity index (χ4v) is 1.81. The number of alkyl halides is 1. The Labute approximate surface area is 109 Å². The minimum atomic E-state index is 0. The number of unbranched alkanes of at least 4 members (excludes halogenated alkanes) is 2. The first-order chi connectivity index (χ1) is 5.68. The van der Waals surface area contributed by atoms with Gasteiger partial charge in [0.15, 0.2) is 0 Å². The molecule has 0 aliphatic rings. The SMILES string of the molecule is CCCC[N+](C)(CBr)CCCC.[I-]. The van der Waals surface area contributed by atoms with Crippen molar-refractivity contribution in [2.24, 2.45) is 0 Å². The number of hydrogen-bond donors (Lipinski definition) is 0. The molecule has 0 radical (unpaired) electrons. The lowest BCUT2D eigenvalue weighted by atomic mass is 10.2. The molecule has 82 valence electrons. The van der Waals surface area contributed by atoms with Gasteiger partial charge in [0.05, 0.1) is 20.1 Å². The molecule has 3 heteroatoms. The van der Waals surface area contributed by atoms with Crippen LogP contribution in [0.15, 0.2) is 0 Å². The van der Waals surface area contributed by atoms with Gasteiger partial charge in [0.25, 0.3) is 0 Å². The van der Waals surface area contributed by atoms with Gasteiger partial charge < -0.3 is 28.5 Å². The molecule has 0 saturated heterocycles. The molecular weight excluding hydrogens is 341 g/mol. The molecule has 0 atom stereocenters. The van der Waals surface area contributed by atoms with Crippen LogP contribution < -0.4 is 24.0 Å². The molecule has 0 aliphatic carbocycles. The minimum Gasteiger partial charge on any atom is -1.00 e. The van der Waals surface area contributed by atoms with Crippen molar-refractivity contribution in [3.63, 3.8) is 0 Å². The second kappa shape index (κ2) is 9.71. The van der Waals surface area contributed by atoms with E-state index >= 15 is 0 Å². The smallest absolute Gasteiger partial charge is 0.134 e. The fourth-order valence-electron chi connectivity index (χ4n) is 1.31. The Morgan fingerprint density at radius 3 is 1.62 bits per heavy atom. The van der Waals surface area contributed by atoms with Crippen LogP contribution >= 0.6 is 15.9 Å². The van der Waals surface area contributed by atoms with Crippen molar-refractivity contribution in [2.45, 2.75) is 39.5 Å². The highest BCUT2D eigenvalue weighted by Crippen LogP contribution is 2.10. The van der Waals surface area contributed by atoms with Crippen molar-refractivity contribution in [1.82, 2.24) is 0 Å². The highest BCUT2D eigenvalue weighted by Gasteiger charge is 2.17. The zero-order chi connectivity index (χ0) is 9.45. The van der Waals surface area contributed by atoms with E-state index in [2.05, 4.69) is 36.8 Å². The van der Waals surface area contributed by atoms with Crippen LogP contribution in [0.5, 0.6) is 0 Å². The van der Waals surface area contributed by atoms with Crippen molar-refractivity contribution < 1.29 is 28.5 Å². The van der Waals surface area contributed by atoms with Crippen LogP contribution in [0.4, 0.5) is 0 Å². The highest BCUT2D eigenvalue weighted by molar-refractivity contribution is 9.09. The number of hydrogen-bond acceptors (Lipinski definition) is 0. The normalized spacial score (nSPS) is 11.1. The molecule has 13 heavy (non-hydrogen) atoms. The zero-order valence-electron chi connectivity index (χ0n) is 9.15. The number of rotatable bonds is 7. The Morgan fingerprint density at radius 1 is 1.00 bits per heavy atom. The van der Waals surface area contributed by atoms with E-state index in [1.807, 2.05) is 0 Å². The summed E-state index contributed by atoms with van der Waals surface area (Å²) in [6, 6.07) is 0. The molecular formula is C10H23BrIN. The van der Waals surface area contributed by atoms with Gasteiger partial charge in [0, 0.05) is 0 Å². The number of halogens is 2. The van der Waals surface area contributed by atoms with Gasteiger partial charge in [-0.2, -0.15) is 0 Å². The van der Waals surface area contributed by atoms with Gasteiger partial charge in [-0.15, -0.1) is 0 Å². The molecule has 0 rings (SSSR count). The molecule has 1 nitrogen and oxygen atoms in total. The predicted octanol–water partition coefficient (Wildman–Crippen LogP) is 0.390. The third-order valence-corrected chi connectivity index (χ3v) is 3.60. The summed E-state index contributed by atoms with van der Waals surface area (Å²) >= 11 is 3.60. The summed E-state index contributed by atoms with van der Waals surface area (Å²) in [4.78, 5) is 0. The third kappa shape index (κ3) is 8.18. The second-order valence-electron chi connectivity index (χ2n) is 3.89. The molecule has 0 bridgehead atoms. The average molecular weight is 364 g/mol. The maximum absolute atomic E-state index is 3.60. The molecule has 0 heterocycles. The molecule has 0 N–H and O–H groups in total. The van der Waals surface area contributed by atoms with Crippen molar-refractivity contribution in [3.05, 3.63) is 0 Å². The predicted molar refractivity (Wildman–Crippen MR) is 59.5 cm³/mol. The van der Waals surface area contributed by atoms with E-state index < -0.39 is 0 Å². The number of quaternary nitrogens is 1. The lowest BCUT2D eigenvalue weighted by molar-refractivity contribution is -0.896. The molecule has 0 unspecified atom stereocenters. The molecule has 0 fully saturated rings. The Morgan fingerprint density at radius 2 is 1.38 bits per heavy atom. The first kappa shape index (κ1) is 16.6.